The summed E-state index contributed by atoms with van der Waals surface area (Å²) < 4.78 is 7.64. The fourth-order valence-electron chi connectivity index (χ4n) is 6.25. The van der Waals surface area contributed by atoms with Crippen LogP contribution in [-0.4, -0.2) is 63.4 Å². The van der Waals surface area contributed by atoms with Crippen LogP contribution in [0.15, 0.2) is 34.9 Å². The molecule has 7 nitrogen and oxygen atoms in total. The van der Waals surface area contributed by atoms with Gasteiger partial charge in [0.25, 0.3) is 5.91 Å². The lowest BCUT2D eigenvalue weighted by Gasteiger charge is -2.46. The van der Waals surface area contributed by atoms with E-state index in [1.54, 1.807) is 6.26 Å². The predicted octanol–water partition coefficient (Wildman–Crippen LogP) is 4.68. The molecule has 5 rings (SSSR count). The van der Waals surface area contributed by atoms with E-state index >= 15 is 0 Å². The fraction of sp³-hybridized carbons (Fsp3) is 0.643. The molecule has 2 aliphatic heterocycles. The van der Waals surface area contributed by atoms with Crippen molar-refractivity contribution in [2.24, 2.45) is 0 Å². The number of rotatable bonds is 6. The van der Waals surface area contributed by atoms with Gasteiger partial charge in [-0.3, -0.25) is 14.5 Å². The number of nitrogens with zero attached hydrogens (tertiary/aromatic N) is 3. The molecule has 0 spiro atoms. The van der Waals surface area contributed by atoms with E-state index in [1.807, 2.05) is 40.7 Å². The topological polar surface area (TPSA) is 70.7 Å². The number of furan rings is 1. The SMILES string of the molecule is CC1CCCCN1CCN1C(=O)c2ccc(-c3ccco3)n2CC1(C)C(=O)NC1CCCCCC1. The molecule has 35 heavy (non-hydrogen) atoms. The number of likely N-dealkylation sites (tertiary alicyclic amines) is 1. The van der Waals surface area contributed by atoms with Gasteiger partial charge in [-0.25, -0.2) is 0 Å². The van der Waals surface area contributed by atoms with E-state index in [-0.39, 0.29) is 17.9 Å². The minimum absolute atomic E-state index is 0.0332. The molecule has 2 unspecified atom stereocenters. The molecule has 0 radical (unpaired) electrons. The molecule has 0 aromatic carbocycles. The summed E-state index contributed by atoms with van der Waals surface area (Å²) in [4.78, 5) is 32.2. The van der Waals surface area contributed by atoms with E-state index in [4.69, 9.17) is 4.42 Å². The van der Waals surface area contributed by atoms with Gasteiger partial charge >= 0.3 is 0 Å². The summed E-state index contributed by atoms with van der Waals surface area (Å²) in [5, 5.41) is 3.36. The molecule has 1 saturated carbocycles. The number of fused-ring (bicyclic) bond motifs is 1. The van der Waals surface area contributed by atoms with Crippen molar-refractivity contribution in [3.63, 3.8) is 0 Å². The lowest BCUT2D eigenvalue weighted by atomic mass is 9.93. The first kappa shape index (κ1) is 24.2. The van der Waals surface area contributed by atoms with Crippen LogP contribution in [0, 0.1) is 0 Å². The zero-order valence-corrected chi connectivity index (χ0v) is 21.3. The van der Waals surface area contributed by atoms with Crippen molar-refractivity contribution in [2.75, 3.05) is 19.6 Å². The minimum atomic E-state index is -0.963. The van der Waals surface area contributed by atoms with Crippen LogP contribution in [-0.2, 0) is 11.3 Å². The average molecular weight is 481 g/mol. The molecule has 3 aliphatic rings. The van der Waals surface area contributed by atoms with Crippen molar-refractivity contribution in [3.05, 3.63) is 36.2 Å². The molecule has 2 aromatic heterocycles. The average Bonchev–Trinajstić information content (AvgIpc) is 3.45. The van der Waals surface area contributed by atoms with Crippen molar-refractivity contribution in [2.45, 2.75) is 95.8 Å². The number of carbonyl (C=O) groups excluding carboxylic acids is 2. The molecule has 2 amide bonds. The van der Waals surface area contributed by atoms with E-state index in [1.165, 1.54) is 32.1 Å². The number of hydrogen-bond acceptors (Lipinski definition) is 4. The van der Waals surface area contributed by atoms with Gasteiger partial charge in [0.1, 0.15) is 17.0 Å². The second-order valence-electron chi connectivity index (χ2n) is 10.9. The maximum absolute atomic E-state index is 13.9. The molecular weight excluding hydrogens is 440 g/mol. The highest BCUT2D eigenvalue weighted by molar-refractivity contribution is 6.00. The van der Waals surface area contributed by atoms with Crippen LogP contribution in [0.5, 0.6) is 0 Å². The van der Waals surface area contributed by atoms with Gasteiger partial charge in [-0.1, -0.05) is 32.1 Å². The Kier molecular flexibility index (Phi) is 7.05. The Morgan fingerprint density at radius 1 is 1.03 bits per heavy atom. The molecule has 2 fully saturated rings. The van der Waals surface area contributed by atoms with Gasteiger partial charge < -0.3 is 19.2 Å². The van der Waals surface area contributed by atoms with E-state index in [9.17, 15) is 9.59 Å². The summed E-state index contributed by atoms with van der Waals surface area (Å²) in [7, 11) is 0. The highest BCUT2D eigenvalue weighted by Gasteiger charge is 2.48. The van der Waals surface area contributed by atoms with Crippen molar-refractivity contribution >= 4 is 11.8 Å². The standard InChI is InChI=1S/C28H40N4O3/c1-21-10-7-8-16-30(21)17-18-32-26(33)24-15-14-23(25-13-9-19-35-25)31(24)20-28(32,2)27(34)29-22-11-5-3-4-6-12-22/h9,13-15,19,21-22H,3-8,10-12,16-18,20H2,1-2H3,(H,29,34). The van der Waals surface area contributed by atoms with Gasteiger partial charge in [0.15, 0.2) is 0 Å². The van der Waals surface area contributed by atoms with Gasteiger partial charge in [-0.2, -0.15) is 0 Å². The Hall–Kier alpha value is -2.54. The van der Waals surface area contributed by atoms with Crippen molar-refractivity contribution in [1.29, 1.82) is 0 Å². The van der Waals surface area contributed by atoms with Crippen LogP contribution in [0.4, 0.5) is 0 Å². The van der Waals surface area contributed by atoms with E-state index in [0.29, 0.717) is 30.6 Å². The smallest absolute Gasteiger partial charge is 0.271 e. The molecule has 4 heterocycles. The molecule has 0 bridgehead atoms. The van der Waals surface area contributed by atoms with Crippen molar-refractivity contribution < 1.29 is 14.0 Å². The zero-order valence-electron chi connectivity index (χ0n) is 21.3. The molecule has 2 aromatic rings. The Morgan fingerprint density at radius 2 is 1.77 bits per heavy atom. The van der Waals surface area contributed by atoms with Gasteiger partial charge in [0, 0.05) is 25.2 Å². The van der Waals surface area contributed by atoms with Gasteiger partial charge in [-0.15, -0.1) is 0 Å². The molecule has 1 N–H and O–H groups in total. The third-order valence-electron chi connectivity index (χ3n) is 8.51. The Morgan fingerprint density at radius 3 is 2.49 bits per heavy atom. The third kappa shape index (κ3) is 4.80. The monoisotopic (exact) mass is 480 g/mol. The van der Waals surface area contributed by atoms with Crippen LogP contribution >= 0.6 is 0 Å². The number of amides is 2. The van der Waals surface area contributed by atoms with Crippen LogP contribution in [0.3, 0.4) is 0 Å². The molecule has 1 aliphatic carbocycles. The lowest BCUT2D eigenvalue weighted by molar-refractivity contribution is -0.133. The van der Waals surface area contributed by atoms with E-state index in [2.05, 4.69) is 17.1 Å². The lowest BCUT2D eigenvalue weighted by Crippen LogP contribution is -2.66. The molecule has 2 atom stereocenters. The van der Waals surface area contributed by atoms with Gasteiger partial charge in [0.2, 0.25) is 5.91 Å². The first-order valence-electron chi connectivity index (χ1n) is 13.6. The molecule has 1 saturated heterocycles. The van der Waals surface area contributed by atoms with E-state index < -0.39 is 5.54 Å². The Labute approximate surface area is 208 Å². The molecule has 190 valence electrons. The van der Waals surface area contributed by atoms with Crippen LogP contribution in [0.1, 0.15) is 82.1 Å². The predicted molar refractivity (Wildman–Crippen MR) is 136 cm³/mol. The maximum Gasteiger partial charge on any atom is 0.271 e. The van der Waals surface area contributed by atoms with Crippen molar-refractivity contribution in [3.8, 4) is 11.5 Å². The molecular formula is C28H40N4O3. The van der Waals surface area contributed by atoms with Crippen molar-refractivity contribution in [1.82, 2.24) is 19.7 Å². The minimum Gasteiger partial charge on any atom is -0.463 e. The maximum atomic E-state index is 13.9. The van der Waals surface area contributed by atoms with E-state index in [0.717, 1.165) is 44.5 Å². The fourth-order valence-corrected chi connectivity index (χ4v) is 6.25. The highest BCUT2D eigenvalue weighted by atomic mass is 16.3. The summed E-state index contributed by atoms with van der Waals surface area (Å²) in [5.74, 6) is 0.609. The first-order valence-corrected chi connectivity index (χ1v) is 13.6. The number of aromatic nitrogens is 1. The summed E-state index contributed by atoms with van der Waals surface area (Å²) in [6.07, 6.45) is 12.1. The second-order valence-corrected chi connectivity index (χ2v) is 10.9. The van der Waals surface area contributed by atoms with Crippen LogP contribution in [0.2, 0.25) is 0 Å². The number of piperidine rings is 1. The summed E-state index contributed by atoms with van der Waals surface area (Å²) in [6.45, 7) is 7.06. The Bertz CT molecular complexity index is 1020. The highest BCUT2D eigenvalue weighted by Crippen LogP contribution is 2.34. The number of carbonyl (C=O) groups is 2. The Balaban J connectivity index is 1.43. The molecule has 7 heteroatoms. The van der Waals surface area contributed by atoms with Crippen LogP contribution in [0.25, 0.3) is 11.5 Å². The van der Waals surface area contributed by atoms with Gasteiger partial charge in [0.05, 0.1) is 18.5 Å². The third-order valence-corrected chi connectivity index (χ3v) is 8.51. The first-order chi connectivity index (χ1) is 17.0. The zero-order chi connectivity index (χ0) is 24.4. The quantitative estimate of drug-likeness (QED) is 0.610. The number of hydrogen-bond donors (Lipinski definition) is 1. The largest absolute Gasteiger partial charge is 0.463 e. The normalized spacial score (nSPS) is 26.4. The summed E-state index contributed by atoms with van der Waals surface area (Å²) in [5.41, 5.74) is 0.509. The van der Waals surface area contributed by atoms with Gasteiger partial charge in [-0.05, 0) is 70.3 Å². The second kappa shape index (κ2) is 10.2. The summed E-state index contributed by atoms with van der Waals surface area (Å²) >= 11 is 0. The number of nitrogens with one attached hydrogen (secondary N) is 1. The van der Waals surface area contributed by atoms with Crippen LogP contribution < -0.4 is 5.32 Å². The summed E-state index contributed by atoms with van der Waals surface area (Å²) in [6, 6.07) is 8.27.